The van der Waals surface area contributed by atoms with Crippen molar-refractivity contribution < 1.29 is 4.79 Å². The van der Waals surface area contributed by atoms with E-state index < -0.39 is 0 Å². The second-order valence-electron chi connectivity index (χ2n) is 7.36. The van der Waals surface area contributed by atoms with Gasteiger partial charge in [0.05, 0.1) is 0 Å². The molecule has 1 aromatic heterocycles. The van der Waals surface area contributed by atoms with Crippen molar-refractivity contribution in [3.05, 3.63) is 54.4 Å². The number of piperidine rings is 3. The lowest BCUT2D eigenvalue weighted by Gasteiger charge is -2.51. The van der Waals surface area contributed by atoms with Crippen molar-refractivity contribution in [2.45, 2.75) is 36.2 Å². The molecule has 3 fully saturated rings. The van der Waals surface area contributed by atoms with Crippen molar-refractivity contribution >= 4 is 23.5 Å². The van der Waals surface area contributed by atoms with E-state index in [1.54, 1.807) is 11.8 Å². The Morgan fingerprint density at radius 1 is 1.22 bits per heavy atom. The minimum absolute atomic E-state index is 0.109. The highest BCUT2D eigenvalue weighted by Gasteiger charge is 2.42. The molecule has 0 aliphatic carbocycles. The number of anilines is 1. The molecule has 5 rings (SSSR count). The summed E-state index contributed by atoms with van der Waals surface area (Å²) in [5.41, 5.74) is 2.06. The van der Waals surface area contributed by atoms with Gasteiger partial charge in [-0.25, -0.2) is 4.79 Å². The summed E-state index contributed by atoms with van der Waals surface area (Å²) < 4.78 is 0. The molecule has 5 nitrogen and oxygen atoms in total. The van der Waals surface area contributed by atoms with Gasteiger partial charge in [-0.05, 0) is 80.4 Å². The Kier molecular flexibility index (Phi) is 5.64. The highest BCUT2D eigenvalue weighted by molar-refractivity contribution is 7.98. The zero-order chi connectivity index (χ0) is 18.6. The van der Waals surface area contributed by atoms with Crippen LogP contribution in [0.2, 0.25) is 0 Å². The van der Waals surface area contributed by atoms with E-state index in [0.29, 0.717) is 12.0 Å². The third-order valence-electron chi connectivity index (χ3n) is 5.78. The van der Waals surface area contributed by atoms with Crippen LogP contribution in [-0.2, 0) is 6.42 Å². The molecule has 0 radical (unpaired) electrons. The van der Waals surface area contributed by atoms with Gasteiger partial charge in [0.15, 0.2) is 0 Å². The number of fused-ring (bicyclic) bond motifs is 3. The second kappa shape index (κ2) is 8.31. The number of thioether (sulfide) groups is 1. The molecule has 27 heavy (non-hydrogen) atoms. The molecule has 2 aromatic rings. The molecule has 1 aromatic carbocycles. The van der Waals surface area contributed by atoms with Crippen molar-refractivity contribution in [2.75, 3.05) is 24.7 Å². The van der Waals surface area contributed by atoms with Crippen molar-refractivity contribution in [1.82, 2.24) is 15.2 Å². The quantitative estimate of drug-likeness (QED) is 0.776. The van der Waals surface area contributed by atoms with Crippen LogP contribution in [0, 0.1) is 5.92 Å². The molecule has 3 saturated heterocycles. The van der Waals surface area contributed by atoms with Gasteiger partial charge >= 0.3 is 6.03 Å². The smallest absolute Gasteiger partial charge is 0.319 e. The molecule has 2 atom stereocenters. The maximum atomic E-state index is 12.7. The van der Waals surface area contributed by atoms with Gasteiger partial charge in [0, 0.05) is 35.1 Å². The number of amides is 2. The molecular formula is C21H26N4OS. The summed E-state index contributed by atoms with van der Waals surface area (Å²) in [5.74, 6) is 0.557. The minimum atomic E-state index is -0.109. The zero-order valence-electron chi connectivity index (χ0n) is 15.6. The van der Waals surface area contributed by atoms with Crippen molar-refractivity contribution in [2.24, 2.45) is 5.92 Å². The van der Waals surface area contributed by atoms with Gasteiger partial charge in [0.25, 0.3) is 0 Å². The first-order valence-corrected chi connectivity index (χ1v) is 10.8. The molecule has 2 amide bonds. The largest absolute Gasteiger partial charge is 0.333 e. The molecule has 3 aliphatic heterocycles. The lowest BCUT2D eigenvalue weighted by atomic mass is 9.77. The van der Waals surface area contributed by atoms with Crippen LogP contribution >= 0.6 is 11.8 Å². The number of urea groups is 1. The first-order valence-electron chi connectivity index (χ1n) is 9.57. The molecule has 2 N–H and O–H groups in total. The van der Waals surface area contributed by atoms with Crippen LogP contribution in [0.1, 0.15) is 18.4 Å². The summed E-state index contributed by atoms with van der Waals surface area (Å²) in [4.78, 5) is 20.6. The van der Waals surface area contributed by atoms with Crippen LogP contribution in [0.3, 0.4) is 0 Å². The lowest BCUT2D eigenvalue weighted by Crippen LogP contribution is -2.64. The highest BCUT2D eigenvalue weighted by Crippen LogP contribution is 2.34. The predicted molar refractivity (Wildman–Crippen MR) is 110 cm³/mol. The Balaban J connectivity index is 1.43. The number of pyridine rings is 1. The first kappa shape index (κ1) is 18.3. The van der Waals surface area contributed by atoms with Gasteiger partial charge in [0.1, 0.15) is 0 Å². The van der Waals surface area contributed by atoms with E-state index in [9.17, 15) is 4.79 Å². The number of carbonyl (C=O) groups is 1. The number of rotatable bonds is 5. The van der Waals surface area contributed by atoms with Gasteiger partial charge in [-0.1, -0.05) is 6.07 Å². The van der Waals surface area contributed by atoms with Gasteiger partial charge in [-0.15, -0.1) is 11.8 Å². The van der Waals surface area contributed by atoms with Crippen LogP contribution in [0.4, 0.5) is 10.5 Å². The van der Waals surface area contributed by atoms with E-state index in [-0.39, 0.29) is 12.1 Å². The fraction of sp³-hybridized carbons (Fsp3) is 0.429. The summed E-state index contributed by atoms with van der Waals surface area (Å²) in [5, 5.41) is 6.27. The summed E-state index contributed by atoms with van der Waals surface area (Å²) in [7, 11) is 0. The van der Waals surface area contributed by atoms with Crippen LogP contribution in [0.5, 0.6) is 0 Å². The SMILES string of the molecule is CSc1ccc(NC(=O)N[C@@H]2C3CCN(CC3)[C@@H]2Cc2cccnc2)cc1. The second-order valence-corrected chi connectivity index (χ2v) is 8.24. The molecule has 0 saturated carbocycles. The molecule has 3 aliphatic rings. The number of aromatic nitrogens is 1. The molecule has 4 heterocycles. The highest BCUT2D eigenvalue weighted by atomic mass is 32.2. The zero-order valence-corrected chi connectivity index (χ0v) is 16.4. The molecular weight excluding hydrogens is 356 g/mol. The predicted octanol–water partition coefficient (Wildman–Crippen LogP) is 3.63. The van der Waals surface area contributed by atoms with E-state index in [4.69, 9.17) is 0 Å². The monoisotopic (exact) mass is 382 g/mol. The van der Waals surface area contributed by atoms with Crippen molar-refractivity contribution in [3.63, 3.8) is 0 Å². The van der Waals surface area contributed by atoms with E-state index in [1.165, 1.54) is 10.5 Å². The molecule has 0 spiro atoms. The fourth-order valence-corrected chi connectivity index (χ4v) is 4.78. The van der Waals surface area contributed by atoms with Crippen LogP contribution in [0.15, 0.2) is 53.7 Å². The number of carbonyl (C=O) groups excluding carboxylic acids is 1. The van der Waals surface area contributed by atoms with E-state index in [1.807, 2.05) is 49.0 Å². The van der Waals surface area contributed by atoms with E-state index in [0.717, 1.165) is 38.0 Å². The summed E-state index contributed by atoms with van der Waals surface area (Å²) in [6.45, 7) is 2.26. The molecule has 0 unspecified atom stereocenters. The summed E-state index contributed by atoms with van der Waals surface area (Å²) in [6, 6.07) is 12.5. The normalized spacial score (nSPS) is 26.6. The van der Waals surface area contributed by atoms with Crippen LogP contribution in [0.25, 0.3) is 0 Å². The molecule has 142 valence electrons. The number of benzene rings is 1. The third-order valence-corrected chi connectivity index (χ3v) is 6.52. The number of nitrogens with zero attached hydrogens (tertiary/aromatic N) is 2. The Morgan fingerprint density at radius 2 is 2.00 bits per heavy atom. The topological polar surface area (TPSA) is 57.3 Å². The van der Waals surface area contributed by atoms with Crippen molar-refractivity contribution in [1.29, 1.82) is 0 Å². The van der Waals surface area contributed by atoms with E-state index >= 15 is 0 Å². The van der Waals surface area contributed by atoms with Gasteiger partial charge in [0.2, 0.25) is 0 Å². The number of hydrogen-bond acceptors (Lipinski definition) is 4. The Bertz CT molecular complexity index is 760. The first-order chi connectivity index (χ1) is 13.2. The van der Waals surface area contributed by atoms with Gasteiger partial charge in [-0.2, -0.15) is 0 Å². The Morgan fingerprint density at radius 3 is 2.67 bits per heavy atom. The van der Waals surface area contributed by atoms with Crippen molar-refractivity contribution in [3.8, 4) is 0 Å². The van der Waals surface area contributed by atoms with Crippen LogP contribution in [-0.4, -0.2) is 47.3 Å². The molecule has 2 bridgehead atoms. The van der Waals surface area contributed by atoms with Crippen LogP contribution < -0.4 is 10.6 Å². The van der Waals surface area contributed by atoms with Gasteiger partial charge in [-0.3, -0.25) is 9.88 Å². The van der Waals surface area contributed by atoms with Gasteiger partial charge < -0.3 is 10.6 Å². The fourth-order valence-electron chi connectivity index (χ4n) is 4.37. The third kappa shape index (κ3) is 4.28. The standard InChI is InChI=1S/C21H26N4OS/c1-27-18-6-4-17(5-7-18)23-21(26)24-20-16-8-11-25(12-9-16)19(20)13-15-3-2-10-22-14-15/h2-7,10,14,16,19-20H,8-9,11-13H2,1H3,(H2,23,24,26)/t19-,20-/m1/s1. The maximum absolute atomic E-state index is 12.7. The lowest BCUT2D eigenvalue weighted by molar-refractivity contribution is 0.0184. The molecule has 6 heteroatoms. The average Bonchev–Trinajstić information content (AvgIpc) is 2.72. The number of nitrogens with one attached hydrogen (secondary N) is 2. The average molecular weight is 383 g/mol. The number of hydrogen-bond donors (Lipinski definition) is 2. The van der Waals surface area contributed by atoms with E-state index in [2.05, 4.69) is 26.6 Å². The summed E-state index contributed by atoms with van der Waals surface area (Å²) in [6.07, 6.45) is 9.05. The Labute approximate surface area is 164 Å². The minimum Gasteiger partial charge on any atom is -0.333 e. The summed E-state index contributed by atoms with van der Waals surface area (Å²) >= 11 is 1.70. The maximum Gasteiger partial charge on any atom is 0.319 e. The Hall–Kier alpha value is -2.05.